The third kappa shape index (κ3) is 8.52. The molecule has 0 aromatic rings. The number of ether oxygens (including phenoxy) is 2. The van der Waals surface area contributed by atoms with Gasteiger partial charge in [-0.1, -0.05) is 40.0 Å². The van der Waals surface area contributed by atoms with E-state index in [4.69, 9.17) is 9.47 Å². The van der Waals surface area contributed by atoms with E-state index in [2.05, 4.69) is 20.8 Å². The molecular formula is C12H25O2. The average molecular weight is 201 g/mol. The van der Waals surface area contributed by atoms with Gasteiger partial charge in [-0.05, 0) is 12.8 Å². The Morgan fingerprint density at radius 1 is 0.786 bits per heavy atom. The fraction of sp³-hybridized carbons (Fsp3) is 0.917. The van der Waals surface area contributed by atoms with Crippen LogP contribution in [0.25, 0.3) is 0 Å². The first-order chi connectivity index (χ1) is 6.85. The summed E-state index contributed by atoms with van der Waals surface area (Å²) in [5.41, 5.74) is 0. The van der Waals surface area contributed by atoms with E-state index in [0.29, 0.717) is 0 Å². The molecule has 85 valence electrons. The van der Waals surface area contributed by atoms with Crippen molar-refractivity contribution < 1.29 is 9.47 Å². The van der Waals surface area contributed by atoms with Crippen molar-refractivity contribution in [1.82, 2.24) is 0 Å². The standard InChI is InChI=1S/C12H25O2/c1-4-7-10-13-12(9-6-3)14-11-8-5-2/h4-11H2,1-3H3. The van der Waals surface area contributed by atoms with Gasteiger partial charge in [-0.2, -0.15) is 0 Å². The molecule has 1 radical (unpaired) electrons. The van der Waals surface area contributed by atoms with E-state index in [9.17, 15) is 0 Å². The summed E-state index contributed by atoms with van der Waals surface area (Å²) in [6.45, 7) is 8.09. The van der Waals surface area contributed by atoms with Crippen LogP contribution in [0.2, 0.25) is 0 Å². The van der Waals surface area contributed by atoms with Crippen LogP contribution in [-0.4, -0.2) is 13.2 Å². The molecule has 0 N–H and O–H groups in total. The monoisotopic (exact) mass is 201 g/mol. The summed E-state index contributed by atoms with van der Waals surface area (Å²) in [5.74, 6) is 0. The molecule has 0 bridgehead atoms. The lowest BCUT2D eigenvalue weighted by atomic mass is 10.3. The van der Waals surface area contributed by atoms with Gasteiger partial charge in [0, 0.05) is 6.42 Å². The van der Waals surface area contributed by atoms with E-state index in [1.165, 1.54) is 12.8 Å². The molecular weight excluding hydrogens is 176 g/mol. The van der Waals surface area contributed by atoms with E-state index in [0.717, 1.165) is 45.2 Å². The molecule has 0 amide bonds. The number of hydrogen-bond donors (Lipinski definition) is 0. The first-order valence-electron chi connectivity index (χ1n) is 5.96. The molecule has 0 aliphatic heterocycles. The quantitative estimate of drug-likeness (QED) is 0.499. The third-order valence-electron chi connectivity index (χ3n) is 1.98. The fourth-order valence-corrected chi connectivity index (χ4v) is 1.05. The molecule has 0 aromatic carbocycles. The zero-order valence-electron chi connectivity index (χ0n) is 9.97. The van der Waals surface area contributed by atoms with Crippen LogP contribution in [0.3, 0.4) is 0 Å². The number of unbranched alkanes of at least 4 members (excludes halogenated alkanes) is 2. The first kappa shape index (κ1) is 13.9. The summed E-state index contributed by atoms with van der Waals surface area (Å²) in [7, 11) is 0. The van der Waals surface area contributed by atoms with Crippen molar-refractivity contribution in [3.8, 4) is 0 Å². The van der Waals surface area contributed by atoms with Crippen LogP contribution in [0.15, 0.2) is 0 Å². The zero-order valence-corrected chi connectivity index (χ0v) is 9.97. The smallest absolute Gasteiger partial charge is 0.223 e. The highest BCUT2D eigenvalue weighted by molar-refractivity contribution is 4.64. The highest BCUT2D eigenvalue weighted by Crippen LogP contribution is 2.14. The van der Waals surface area contributed by atoms with Crippen molar-refractivity contribution in [2.24, 2.45) is 0 Å². The molecule has 0 aromatic heterocycles. The van der Waals surface area contributed by atoms with Gasteiger partial charge in [-0.25, -0.2) is 0 Å². The van der Waals surface area contributed by atoms with Crippen molar-refractivity contribution in [2.45, 2.75) is 59.3 Å². The van der Waals surface area contributed by atoms with Gasteiger partial charge >= 0.3 is 0 Å². The minimum Gasteiger partial charge on any atom is -0.345 e. The van der Waals surface area contributed by atoms with Gasteiger partial charge in [-0.15, -0.1) is 0 Å². The van der Waals surface area contributed by atoms with Crippen LogP contribution in [0.1, 0.15) is 59.3 Å². The Labute approximate surface area is 89.0 Å². The van der Waals surface area contributed by atoms with Crippen molar-refractivity contribution in [3.63, 3.8) is 0 Å². The van der Waals surface area contributed by atoms with Gasteiger partial charge in [0.05, 0.1) is 13.2 Å². The topological polar surface area (TPSA) is 18.5 Å². The summed E-state index contributed by atoms with van der Waals surface area (Å²) >= 11 is 0. The van der Waals surface area contributed by atoms with Crippen molar-refractivity contribution >= 4 is 0 Å². The Bertz CT molecular complexity index is 94.5. The maximum Gasteiger partial charge on any atom is 0.223 e. The normalized spacial score (nSPS) is 11.1. The van der Waals surface area contributed by atoms with Crippen LogP contribution in [0, 0.1) is 6.29 Å². The van der Waals surface area contributed by atoms with E-state index in [1.807, 2.05) is 0 Å². The summed E-state index contributed by atoms with van der Waals surface area (Å²) < 4.78 is 11.1. The first-order valence-corrected chi connectivity index (χ1v) is 5.96. The minimum atomic E-state index is 0.804. The number of hydrogen-bond acceptors (Lipinski definition) is 2. The molecule has 0 atom stereocenters. The molecule has 0 heterocycles. The van der Waals surface area contributed by atoms with Gasteiger partial charge in [0.2, 0.25) is 6.29 Å². The Hall–Kier alpha value is -0.0800. The predicted molar refractivity (Wildman–Crippen MR) is 59.9 cm³/mol. The molecule has 2 heteroatoms. The molecule has 0 saturated heterocycles. The van der Waals surface area contributed by atoms with Gasteiger partial charge < -0.3 is 9.47 Å². The van der Waals surface area contributed by atoms with Crippen LogP contribution in [0.5, 0.6) is 0 Å². The Kier molecular flexibility index (Phi) is 10.9. The third-order valence-corrected chi connectivity index (χ3v) is 1.98. The van der Waals surface area contributed by atoms with Crippen molar-refractivity contribution in [3.05, 3.63) is 6.29 Å². The lowest BCUT2D eigenvalue weighted by molar-refractivity contribution is -0.0526. The fourth-order valence-electron chi connectivity index (χ4n) is 1.05. The second-order valence-electron chi connectivity index (χ2n) is 3.53. The summed E-state index contributed by atoms with van der Waals surface area (Å²) in [5, 5.41) is 0. The van der Waals surface area contributed by atoms with Crippen molar-refractivity contribution in [2.75, 3.05) is 13.2 Å². The van der Waals surface area contributed by atoms with Crippen molar-refractivity contribution in [1.29, 1.82) is 0 Å². The van der Waals surface area contributed by atoms with Crippen LogP contribution in [-0.2, 0) is 9.47 Å². The second-order valence-corrected chi connectivity index (χ2v) is 3.53. The van der Waals surface area contributed by atoms with Gasteiger partial charge in [-0.3, -0.25) is 0 Å². The Morgan fingerprint density at radius 3 is 1.64 bits per heavy atom. The SMILES string of the molecule is CCCCO[C](CCC)OCCCC. The molecule has 0 unspecified atom stereocenters. The molecule has 0 aliphatic carbocycles. The summed E-state index contributed by atoms with van der Waals surface area (Å²) in [6, 6.07) is 0. The van der Waals surface area contributed by atoms with E-state index < -0.39 is 0 Å². The van der Waals surface area contributed by atoms with Gasteiger partial charge in [0.1, 0.15) is 0 Å². The zero-order chi connectivity index (χ0) is 10.6. The Morgan fingerprint density at radius 2 is 1.29 bits per heavy atom. The van der Waals surface area contributed by atoms with Crippen LogP contribution >= 0.6 is 0 Å². The van der Waals surface area contributed by atoms with E-state index in [1.54, 1.807) is 0 Å². The van der Waals surface area contributed by atoms with E-state index >= 15 is 0 Å². The van der Waals surface area contributed by atoms with Crippen LogP contribution in [0.4, 0.5) is 0 Å². The lowest BCUT2D eigenvalue weighted by Crippen LogP contribution is -2.10. The Balaban J connectivity index is 3.44. The molecule has 0 rings (SSSR count). The maximum atomic E-state index is 5.56. The molecule has 0 aliphatic rings. The highest BCUT2D eigenvalue weighted by atomic mass is 16.7. The van der Waals surface area contributed by atoms with E-state index in [-0.39, 0.29) is 0 Å². The van der Waals surface area contributed by atoms with Gasteiger partial charge in [0.25, 0.3) is 0 Å². The predicted octanol–water partition coefficient (Wildman–Crippen LogP) is 3.91. The molecule has 14 heavy (non-hydrogen) atoms. The second kappa shape index (κ2) is 11.0. The molecule has 2 nitrogen and oxygen atoms in total. The molecule has 0 saturated carbocycles. The maximum absolute atomic E-state index is 5.56. The highest BCUT2D eigenvalue weighted by Gasteiger charge is 2.09. The number of rotatable bonds is 10. The minimum absolute atomic E-state index is 0.804. The lowest BCUT2D eigenvalue weighted by Gasteiger charge is -2.15. The largest absolute Gasteiger partial charge is 0.345 e. The van der Waals surface area contributed by atoms with Gasteiger partial charge in [0.15, 0.2) is 0 Å². The molecule has 0 spiro atoms. The van der Waals surface area contributed by atoms with Crippen LogP contribution < -0.4 is 0 Å². The molecule has 0 fully saturated rings. The average Bonchev–Trinajstić information content (AvgIpc) is 2.18. The summed E-state index contributed by atoms with van der Waals surface area (Å²) in [6.07, 6.45) is 7.45. The summed E-state index contributed by atoms with van der Waals surface area (Å²) in [4.78, 5) is 0.